The van der Waals surface area contributed by atoms with Crippen LogP contribution in [0.4, 0.5) is 0 Å². The van der Waals surface area contributed by atoms with Gasteiger partial charge in [0.2, 0.25) is 0 Å². The molecule has 6 nitrogen and oxygen atoms in total. The third-order valence-electron chi connectivity index (χ3n) is 3.87. The standard InChI is InChI=1S/C19H18BN3O3/c1-19(2,20)23-15(8-10-22-23)18-13(5-4-9-21-18)12-26-17-7-3-6-16(25)14(17)11-24/h3-11,25H,12H2,1-2H3. The summed E-state index contributed by atoms with van der Waals surface area (Å²) in [7, 11) is 6.18. The second-order valence-electron chi connectivity index (χ2n) is 6.39. The quantitative estimate of drug-likeness (QED) is 0.548. The molecule has 2 aromatic heterocycles. The van der Waals surface area contributed by atoms with Crippen LogP contribution < -0.4 is 4.74 Å². The summed E-state index contributed by atoms with van der Waals surface area (Å²) in [5, 5.41) is 14.1. The molecule has 2 heterocycles. The molecule has 3 rings (SSSR count). The van der Waals surface area contributed by atoms with Crippen LogP contribution in [0.15, 0.2) is 48.8 Å². The maximum absolute atomic E-state index is 11.2. The number of phenols is 1. The number of phenolic OH excluding ortho intramolecular Hbond substituents is 1. The summed E-state index contributed by atoms with van der Waals surface area (Å²) in [6.45, 7) is 3.88. The number of pyridine rings is 1. The van der Waals surface area contributed by atoms with Gasteiger partial charge in [0.1, 0.15) is 26.0 Å². The van der Waals surface area contributed by atoms with Gasteiger partial charge in [0, 0.05) is 23.4 Å². The Balaban J connectivity index is 1.94. The van der Waals surface area contributed by atoms with Gasteiger partial charge in [-0.05, 0) is 38.1 Å². The van der Waals surface area contributed by atoms with Gasteiger partial charge in [-0.2, -0.15) is 5.10 Å². The van der Waals surface area contributed by atoms with Gasteiger partial charge < -0.3 is 9.84 Å². The van der Waals surface area contributed by atoms with Crippen LogP contribution in [0.1, 0.15) is 29.8 Å². The maximum atomic E-state index is 11.2. The monoisotopic (exact) mass is 347 g/mol. The molecule has 0 fully saturated rings. The van der Waals surface area contributed by atoms with E-state index in [1.165, 1.54) is 6.07 Å². The van der Waals surface area contributed by atoms with Gasteiger partial charge >= 0.3 is 0 Å². The summed E-state index contributed by atoms with van der Waals surface area (Å²) in [5.41, 5.74) is 1.69. The average molecular weight is 347 g/mol. The molecule has 1 N–H and O–H groups in total. The fraction of sp³-hybridized carbons (Fsp3) is 0.211. The van der Waals surface area contributed by atoms with Gasteiger partial charge in [0.15, 0.2) is 6.29 Å². The number of ether oxygens (including phenoxy) is 1. The van der Waals surface area contributed by atoms with E-state index in [0.29, 0.717) is 17.7 Å². The predicted molar refractivity (Wildman–Crippen MR) is 98.4 cm³/mol. The number of nitrogens with zero attached hydrogens (tertiary/aromatic N) is 3. The van der Waals surface area contributed by atoms with E-state index in [-0.39, 0.29) is 17.9 Å². The van der Waals surface area contributed by atoms with Crippen LogP contribution in [-0.2, 0) is 12.0 Å². The van der Waals surface area contributed by atoms with Gasteiger partial charge in [-0.3, -0.25) is 14.5 Å². The molecule has 0 amide bonds. The Morgan fingerprint density at radius 3 is 2.77 bits per heavy atom. The first-order chi connectivity index (χ1) is 12.4. The van der Waals surface area contributed by atoms with Crippen LogP contribution in [-0.4, -0.2) is 34.0 Å². The van der Waals surface area contributed by atoms with Crippen molar-refractivity contribution in [2.45, 2.75) is 25.9 Å². The lowest BCUT2D eigenvalue weighted by molar-refractivity contribution is 0.111. The normalized spacial score (nSPS) is 11.3. The molecule has 0 bridgehead atoms. The largest absolute Gasteiger partial charge is 0.507 e. The zero-order valence-electron chi connectivity index (χ0n) is 14.6. The minimum absolute atomic E-state index is 0.117. The number of aldehydes is 1. The molecule has 2 radical (unpaired) electrons. The van der Waals surface area contributed by atoms with E-state index in [9.17, 15) is 9.90 Å². The Bertz CT molecular complexity index is 932. The summed E-state index contributed by atoms with van der Waals surface area (Å²) in [6, 6.07) is 10.2. The van der Waals surface area contributed by atoms with E-state index >= 15 is 0 Å². The fourth-order valence-electron chi connectivity index (χ4n) is 2.66. The van der Waals surface area contributed by atoms with Crippen molar-refractivity contribution < 1.29 is 14.6 Å². The molecule has 0 aliphatic carbocycles. The average Bonchev–Trinajstić information content (AvgIpc) is 3.10. The van der Waals surface area contributed by atoms with Crippen LogP contribution in [0.2, 0.25) is 0 Å². The molecule has 0 aliphatic rings. The highest BCUT2D eigenvalue weighted by atomic mass is 16.5. The van der Waals surface area contributed by atoms with Crippen molar-refractivity contribution >= 4 is 14.1 Å². The number of hydrogen-bond acceptors (Lipinski definition) is 5. The van der Waals surface area contributed by atoms with E-state index in [1.54, 1.807) is 35.3 Å². The van der Waals surface area contributed by atoms with Crippen molar-refractivity contribution in [1.82, 2.24) is 14.8 Å². The van der Waals surface area contributed by atoms with Crippen LogP contribution in [0.3, 0.4) is 0 Å². The van der Waals surface area contributed by atoms with Crippen LogP contribution in [0.25, 0.3) is 11.4 Å². The number of hydrogen-bond donors (Lipinski definition) is 1. The zero-order chi connectivity index (χ0) is 18.7. The van der Waals surface area contributed by atoms with Gasteiger partial charge in [-0.25, -0.2) is 0 Å². The van der Waals surface area contributed by atoms with Crippen molar-refractivity contribution in [3.05, 3.63) is 59.9 Å². The third kappa shape index (κ3) is 3.47. The summed E-state index contributed by atoms with van der Waals surface area (Å²) in [5.74, 6) is 0.189. The third-order valence-corrected chi connectivity index (χ3v) is 3.87. The second-order valence-corrected chi connectivity index (χ2v) is 6.39. The maximum Gasteiger partial charge on any atom is 0.157 e. The van der Waals surface area contributed by atoms with Crippen LogP contribution in [0.5, 0.6) is 11.5 Å². The Labute approximate surface area is 152 Å². The lowest BCUT2D eigenvalue weighted by Crippen LogP contribution is -2.28. The van der Waals surface area contributed by atoms with Crippen molar-refractivity contribution in [1.29, 1.82) is 0 Å². The SMILES string of the molecule is [B]C(C)(C)n1nccc1-c1ncccc1COc1cccc(O)c1C=O. The number of benzene rings is 1. The molecule has 0 saturated heterocycles. The first-order valence-corrected chi connectivity index (χ1v) is 8.09. The minimum atomic E-state index is -0.690. The van der Waals surface area contributed by atoms with Crippen molar-refractivity contribution in [3.8, 4) is 22.9 Å². The van der Waals surface area contributed by atoms with E-state index in [1.807, 2.05) is 26.0 Å². The molecule has 0 spiro atoms. The second kappa shape index (κ2) is 7.03. The number of aromatic hydroxyl groups is 1. The Kier molecular flexibility index (Phi) is 4.80. The predicted octanol–water partition coefficient (Wildman–Crippen LogP) is 2.90. The molecular formula is C19H18BN3O3. The lowest BCUT2D eigenvalue weighted by atomic mass is 9.81. The van der Waals surface area contributed by atoms with Crippen molar-refractivity contribution in [2.75, 3.05) is 0 Å². The summed E-state index contributed by atoms with van der Waals surface area (Å²) in [6.07, 6.45) is 3.93. The summed E-state index contributed by atoms with van der Waals surface area (Å²) in [4.78, 5) is 15.6. The molecule has 0 unspecified atom stereocenters. The highest BCUT2D eigenvalue weighted by molar-refractivity contribution is 6.13. The lowest BCUT2D eigenvalue weighted by Gasteiger charge is -2.23. The molecule has 0 saturated carbocycles. The highest BCUT2D eigenvalue weighted by Crippen LogP contribution is 2.29. The summed E-state index contributed by atoms with van der Waals surface area (Å²) >= 11 is 0. The molecule has 26 heavy (non-hydrogen) atoms. The molecule has 7 heteroatoms. The Morgan fingerprint density at radius 1 is 1.23 bits per heavy atom. The Hall–Kier alpha value is -3.09. The van der Waals surface area contributed by atoms with E-state index < -0.39 is 5.44 Å². The zero-order valence-corrected chi connectivity index (χ0v) is 14.6. The van der Waals surface area contributed by atoms with E-state index in [2.05, 4.69) is 10.1 Å². The van der Waals surface area contributed by atoms with Gasteiger partial charge in [-0.15, -0.1) is 0 Å². The van der Waals surface area contributed by atoms with Crippen LogP contribution >= 0.6 is 0 Å². The van der Waals surface area contributed by atoms with Gasteiger partial charge in [0.05, 0.1) is 17.0 Å². The molecule has 0 aliphatic heterocycles. The molecule has 3 aromatic rings. The van der Waals surface area contributed by atoms with Crippen LogP contribution in [0, 0.1) is 0 Å². The first kappa shape index (κ1) is 17.7. The van der Waals surface area contributed by atoms with Crippen molar-refractivity contribution in [2.24, 2.45) is 0 Å². The number of aromatic nitrogens is 3. The number of carbonyl (C=O) groups excluding carboxylic acids is 1. The fourth-order valence-corrected chi connectivity index (χ4v) is 2.66. The minimum Gasteiger partial charge on any atom is -0.507 e. The van der Waals surface area contributed by atoms with Gasteiger partial charge in [0.25, 0.3) is 0 Å². The summed E-state index contributed by atoms with van der Waals surface area (Å²) < 4.78 is 7.47. The molecule has 130 valence electrons. The molecule has 0 atom stereocenters. The van der Waals surface area contributed by atoms with E-state index in [0.717, 1.165) is 11.3 Å². The Morgan fingerprint density at radius 2 is 2.04 bits per heavy atom. The topological polar surface area (TPSA) is 77.2 Å². The number of rotatable bonds is 6. The highest BCUT2D eigenvalue weighted by Gasteiger charge is 2.20. The smallest absolute Gasteiger partial charge is 0.157 e. The van der Waals surface area contributed by atoms with E-state index in [4.69, 9.17) is 12.6 Å². The van der Waals surface area contributed by atoms with Crippen molar-refractivity contribution in [3.63, 3.8) is 0 Å². The first-order valence-electron chi connectivity index (χ1n) is 8.09. The molecule has 1 aromatic carbocycles. The molecular weight excluding hydrogens is 329 g/mol. The van der Waals surface area contributed by atoms with Gasteiger partial charge in [-0.1, -0.05) is 12.1 Å². The number of carbonyl (C=O) groups is 1.